The fraction of sp³-hybridized carbons (Fsp3) is 0.190. The van der Waals surface area contributed by atoms with E-state index in [0.29, 0.717) is 16.9 Å². The topological polar surface area (TPSA) is 126 Å². The first-order chi connectivity index (χ1) is 15.7. The van der Waals surface area contributed by atoms with Crippen LogP contribution in [-0.4, -0.2) is 40.9 Å². The standard InChI is InChI=1S/C21H20F2N8O2/c1-11-15(9-31(28-11)10-17(32)27-12-6-26-29(2)8-12)13-4-5-14(19(23)18(13)22)16-7-25-21(20(24)33)30(16)3/h4-9H,10H2,1-3H3,(H2,24,33)(H,27,32). The van der Waals surface area contributed by atoms with Crippen molar-refractivity contribution in [2.75, 3.05) is 5.32 Å². The number of imidazole rings is 1. The number of anilines is 1. The lowest BCUT2D eigenvalue weighted by molar-refractivity contribution is -0.116. The number of benzene rings is 1. The molecule has 3 N–H and O–H groups in total. The van der Waals surface area contributed by atoms with Crippen LogP contribution in [-0.2, 0) is 25.4 Å². The Morgan fingerprint density at radius 2 is 1.76 bits per heavy atom. The van der Waals surface area contributed by atoms with Gasteiger partial charge in [-0.2, -0.15) is 10.2 Å². The number of rotatable bonds is 6. The van der Waals surface area contributed by atoms with E-state index in [1.54, 1.807) is 24.9 Å². The summed E-state index contributed by atoms with van der Waals surface area (Å²) in [5.41, 5.74) is 6.66. The van der Waals surface area contributed by atoms with Crippen LogP contribution in [0.15, 0.2) is 36.9 Å². The van der Waals surface area contributed by atoms with Crippen LogP contribution in [0.25, 0.3) is 22.4 Å². The summed E-state index contributed by atoms with van der Waals surface area (Å²) in [5, 5.41) is 10.9. The van der Waals surface area contributed by atoms with Crippen LogP contribution in [0.4, 0.5) is 14.5 Å². The molecule has 170 valence electrons. The summed E-state index contributed by atoms with van der Waals surface area (Å²) in [6.07, 6.45) is 5.88. The maximum Gasteiger partial charge on any atom is 0.284 e. The largest absolute Gasteiger partial charge is 0.363 e. The van der Waals surface area contributed by atoms with E-state index < -0.39 is 17.5 Å². The number of nitrogens with two attached hydrogens (primary N) is 1. The molecular formula is C21H20F2N8O2. The van der Waals surface area contributed by atoms with Crippen LogP contribution in [0.3, 0.4) is 0 Å². The first-order valence-electron chi connectivity index (χ1n) is 9.78. The predicted molar refractivity (Wildman–Crippen MR) is 115 cm³/mol. The number of carbonyl (C=O) groups excluding carboxylic acids is 2. The van der Waals surface area contributed by atoms with Crippen molar-refractivity contribution in [2.45, 2.75) is 13.5 Å². The van der Waals surface area contributed by atoms with Crippen molar-refractivity contribution in [1.29, 1.82) is 0 Å². The molecule has 3 heterocycles. The van der Waals surface area contributed by atoms with Gasteiger partial charge < -0.3 is 15.6 Å². The van der Waals surface area contributed by atoms with Crippen LogP contribution in [0, 0.1) is 18.6 Å². The van der Waals surface area contributed by atoms with Crippen LogP contribution in [0.2, 0.25) is 0 Å². The monoisotopic (exact) mass is 454 g/mol. The Balaban J connectivity index is 1.61. The molecular weight excluding hydrogens is 434 g/mol. The Hall–Kier alpha value is -4.35. The highest BCUT2D eigenvalue weighted by atomic mass is 19.2. The molecule has 2 amide bonds. The summed E-state index contributed by atoms with van der Waals surface area (Å²) in [5.74, 6) is -3.39. The second kappa shape index (κ2) is 8.30. The van der Waals surface area contributed by atoms with Crippen molar-refractivity contribution in [3.8, 4) is 22.4 Å². The second-order valence-corrected chi connectivity index (χ2v) is 7.46. The van der Waals surface area contributed by atoms with E-state index in [4.69, 9.17) is 5.73 Å². The molecule has 4 rings (SSSR count). The van der Waals surface area contributed by atoms with E-state index in [1.807, 2.05) is 0 Å². The summed E-state index contributed by atoms with van der Waals surface area (Å²) in [6, 6.07) is 2.80. The van der Waals surface area contributed by atoms with Gasteiger partial charge in [0.1, 0.15) is 6.54 Å². The zero-order valence-electron chi connectivity index (χ0n) is 18.0. The molecule has 0 saturated carbocycles. The van der Waals surface area contributed by atoms with Crippen LogP contribution in [0.5, 0.6) is 0 Å². The van der Waals surface area contributed by atoms with Crippen molar-refractivity contribution in [1.82, 2.24) is 29.1 Å². The van der Waals surface area contributed by atoms with Gasteiger partial charge in [-0.05, 0) is 13.0 Å². The molecule has 0 aliphatic carbocycles. The minimum atomic E-state index is -1.10. The summed E-state index contributed by atoms with van der Waals surface area (Å²) in [4.78, 5) is 27.5. The number of aryl methyl sites for hydroxylation is 2. The van der Waals surface area contributed by atoms with Crippen molar-refractivity contribution < 1.29 is 18.4 Å². The lowest BCUT2D eigenvalue weighted by Crippen LogP contribution is -2.18. The van der Waals surface area contributed by atoms with Crippen molar-refractivity contribution in [2.24, 2.45) is 19.8 Å². The predicted octanol–water partition coefficient (Wildman–Crippen LogP) is 2.01. The number of hydrogen-bond donors (Lipinski definition) is 2. The Morgan fingerprint density at radius 3 is 2.39 bits per heavy atom. The van der Waals surface area contributed by atoms with Crippen molar-refractivity contribution in [3.63, 3.8) is 0 Å². The molecule has 1 aromatic carbocycles. The molecule has 33 heavy (non-hydrogen) atoms. The summed E-state index contributed by atoms with van der Waals surface area (Å²) in [7, 11) is 3.21. The van der Waals surface area contributed by atoms with Gasteiger partial charge in [0.25, 0.3) is 5.91 Å². The number of nitrogens with one attached hydrogen (secondary N) is 1. The van der Waals surface area contributed by atoms with Gasteiger partial charge in [-0.25, -0.2) is 13.8 Å². The smallest absolute Gasteiger partial charge is 0.284 e. The van der Waals surface area contributed by atoms with Crippen molar-refractivity contribution in [3.05, 3.63) is 60.1 Å². The van der Waals surface area contributed by atoms with Gasteiger partial charge in [-0.1, -0.05) is 6.07 Å². The lowest BCUT2D eigenvalue weighted by atomic mass is 10.0. The molecule has 0 fully saturated rings. The van der Waals surface area contributed by atoms with E-state index in [1.165, 1.54) is 47.0 Å². The molecule has 0 atom stereocenters. The summed E-state index contributed by atoms with van der Waals surface area (Å²) >= 11 is 0. The summed E-state index contributed by atoms with van der Waals surface area (Å²) < 4.78 is 34.2. The number of aromatic nitrogens is 6. The molecule has 0 aliphatic heterocycles. The van der Waals surface area contributed by atoms with Gasteiger partial charge in [-0.15, -0.1) is 0 Å². The molecule has 12 heteroatoms. The van der Waals surface area contributed by atoms with Crippen LogP contribution in [0.1, 0.15) is 16.3 Å². The molecule has 0 unspecified atom stereocenters. The molecule has 0 radical (unpaired) electrons. The highest BCUT2D eigenvalue weighted by Crippen LogP contribution is 2.32. The van der Waals surface area contributed by atoms with E-state index in [9.17, 15) is 14.0 Å². The Kier molecular flexibility index (Phi) is 5.50. The number of nitrogens with zero attached hydrogens (tertiary/aromatic N) is 6. The Bertz CT molecular complexity index is 1390. The van der Waals surface area contributed by atoms with E-state index in [2.05, 4.69) is 20.5 Å². The molecule has 0 bridgehead atoms. The maximum atomic E-state index is 15.1. The third kappa shape index (κ3) is 4.10. The zero-order chi connectivity index (χ0) is 23.9. The minimum Gasteiger partial charge on any atom is -0.363 e. The second-order valence-electron chi connectivity index (χ2n) is 7.46. The van der Waals surface area contributed by atoms with Gasteiger partial charge >= 0.3 is 0 Å². The number of hydrogen-bond acceptors (Lipinski definition) is 5. The average molecular weight is 454 g/mol. The van der Waals surface area contributed by atoms with Crippen LogP contribution >= 0.6 is 0 Å². The first-order valence-corrected chi connectivity index (χ1v) is 9.78. The van der Waals surface area contributed by atoms with Crippen LogP contribution < -0.4 is 11.1 Å². The highest BCUT2D eigenvalue weighted by molar-refractivity contribution is 5.91. The van der Waals surface area contributed by atoms with Crippen molar-refractivity contribution >= 4 is 17.5 Å². The number of primary amides is 1. The Morgan fingerprint density at radius 1 is 1.06 bits per heavy atom. The lowest BCUT2D eigenvalue weighted by Gasteiger charge is -2.09. The van der Waals surface area contributed by atoms with Gasteiger partial charge in [0.15, 0.2) is 17.5 Å². The maximum absolute atomic E-state index is 15.1. The number of amides is 2. The van der Waals surface area contributed by atoms with E-state index in [0.717, 1.165) is 0 Å². The van der Waals surface area contributed by atoms with Gasteiger partial charge in [0.05, 0.1) is 29.5 Å². The fourth-order valence-electron chi connectivity index (χ4n) is 3.54. The normalized spacial score (nSPS) is 11.1. The molecule has 0 saturated heterocycles. The molecule has 0 aliphatic rings. The van der Waals surface area contributed by atoms with Gasteiger partial charge in [-0.3, -0.25) is 19.0 Å². The van der Waals surface area contributed by atoms with Gasteiger partial charge in [0, 0.05) is 43.2 Å². The fourth-order valence-corrected chi connectivity index (χ4v) is 3.54. The van der Waals surface area contributed by atoms with Gasteiger partial charge in [0.2, 0.25) is 5.91 Å². The molecule has 3 aromatic heterocycles. The minimum absolute atomic E-state index is 0.00930. The Labute approximate surface area is 186 Å². The molecule has 4 aromatic rings. The van der Waals surface area contributed by atoms with E-state index >= 15 is 4.39 Å². The third-order valence-electron chi connectivity index (χ3n) is 5.10. The zero-order valence-corrected chi connectivity index (χ0v) is 18.0. The first kappa shape index (κ1) is 21.9. The third-order valence-corrected chi connectivity index (χ3v) is 5.10. The number of halogens is 2. The highest BCUT2D eigenvalue weighted by Gasteiger charge is 2.22. The van der Waals surface area contributed by atoms with E-state index in [-0.39, 0.29) is 35.1 Å². The summed E-state index contributed by atoms with van der Waals surface area (Å²) in [6.45, 7) is 1.51. The SMILES string of the molecule is Cc1nn(CC(=O)Nc2cnn(C)c2)cc1-c1ccc(-c2cnc(C(N)=O)n2C)c(F)c1F. The average Bonchev–Trinajstić information content (AvgIpc) is 3.43. The quantitative estimate of drug-likeness (QED) is 0.461. The molecule has 0 spiro atoms. The number of carbonyl (C=O) groups is 2. The molecule has 10 nitrogen and oxygen atoms in total.